The van der Waals surface area contributed by atoms with Gasteiger partial charge in [0.2, 0.25) is 0 Å². The van der Waals surface area contributed by atoms with Gasteiger partial charge in [0.05, 0.1) is 12.0 Å². The Morgan fingerprint density at radius 3 is 2.74 bits per heavy atom. The van der Waals surface area contributed by atoms with E-state index >= 15 is 0 Å². The Bertz CT molecular complexity index is 638. The van der Waals surface area contributed by atoms with Crippen LogP contribution in [-0.2, 0) is 6.42 Å². The van der Waals surface area contributed by atoms with Crippen LogP contribution in [0.1, 0.15) is 17.0 Å². The molecule has 0 saturated carbocycles. The fraction of sp³-hybridized carbons (Fsp3) is 0.143. The molecular formula is C14H9BrF2N2. The quantitative estimate of drug-likeness (QED) is 0.857. The van der Waals surface area contributed by atoms with Gasteiger partial charge in [-0.1, -0.05) is 0 Å². The van der Waals surface area contributed by atoms with Gasteiger partial charge in [0.15, 0.2) is 0 Å². The first kappa shape index (κ1) is 13.6. The maximum atomic E-state index is 13.6. The van der Waals surface area contributed by atoms with Crippen molar-refractivity contribution in [3.05, 3.63) is 63.9 Å². The van der Waals surface area contributed by atoms with Crippen LogP contribution < -0.4 is 0 Å². The first-order chi connectivity index (χ1) is 9.10. The molecule has 1 atom stereocenters. The number of benzene rings is 1. The molecule has 1 heterocycles. The van der Waals surface area contributed by atoms with Gasteiger partial charge in [0, 0.05) is 22.4 Å². The molecule has 2 nitrogen and oxygen atoms in total. The molecule has 0 N–H and O–H groups in total. The highest BCUT2D eigenvalue weighted by Gasteiger charge is 2.17. The van der Waals surface area contributed by atoms with Crippen molar-refractivity contribution in [2.24, 2.45) is 0 Å². The highest BCUT2D eigenvalue weighted by Crippen LogP contribution is 2.24. The molecule has 0 amide bonds. The van der Waals surface area contributed by atoms with Crippen LogP contribution in [0.3, 0.4) is 0 Å². The predicted molar refractivity (Wildman–Crippen MR) is 70.4 cm³/mol. The minimum absolute atomic E-state index is 0.0717. The molecule has 0 radical (unpaired) electrons. The molecule has 96 valence electrons. The second kappa shape index (κ2) is 5.89. The number of hydrogen-bond acceptors (Lipinski definition) is 2. The van der Waals surface area contributed by atoms with E-state index in [9.17, 15) is 8.78 Å². The number of halogens is 3. The van der Waals surface area contributed by atoms with Gasteiger partial charge in [-0.3, -0.25) is 4.98 Å². The van der Waals surface area contributed by atoms with Crippen molar-refractivity contribution in [3.63, 3.8) is 0 Å². The smallest absolute Gasteiger partial charge is 0.127 e. The summed E-state index contributed by atoms with van der Waals surface area (Å²) in [5.74, 6) is -1.87. The average molecular weight is 323 g/mol. The molecule has 0 saturated heterocycles. The Morgan fingerprint density at radius 2 is 2.05 bits per heavy atom. The SMILES string of the molecule is N#CC(Cc1cncc(Br)c1)c1cc(F)ccc1F. The van der Waals surface area contributed by atoms with Crippen molar-refractivity contribution in [3.8, 4) is 6.07 Å². The van der Waals surface area contributed by atoms with Crippen molar-refractivity contribution in [1.29, 1.82) is 5.26 Å². The second-order valence-electron chi connectivity index (χ2n) is 4.06. The van der Waals surface area contributed by atoms with E-state index in [0.717, 1.165) is 28.2 Å². The Kier molecular flexibility index (Phi) is 4.23. The predicted octanol–water partition coefficient (Wildman–Crippen LogP) is 3.97. The maximum Gasteiger partial charge on any atom is 0.127 e. The molecular weight excluding hydrogens is 314 g/mol. The summed E-state index contributed by atoms with van der Waals surface area (Å²) in [6, 6.07) is 6.94. The van der Waals surface area contributed by atoms with Crippen molar-refractivity contribution in [2.75, 3.05) is 0 Å². The number of pyridine rings is 1. The van der Waals surface area contributed by atoms with E-state index in [4.69, 9.17) is 5.26 Å². The fourth-order valence-electron chi connectivity index (χ4n) is 1.81. The van der Waals surface area contributed by atoms with E-state index in [2.05, 4.69) is 20.9 Å². The summed E-state index contributed by atoms with van der Waals surface area (Å²) in [6.07, 6.45) is 3.50. The summed E-state index contributed by atoms with van der Waals surface area (Å²) in [5, 5.41) is 9.15. The van der Waals surface area contributed by atoms with Crippen LogP contribution >= 0.6 is 15.9 Å². The molecule has 0 spiro atoms. The molecule has 5 heteroatoms. The van der Waals surface area contributed by atoms with Gasteiger partial charge in [-0.05, 0) is 52.2 Å². The summed E-state index contributed by atoms with van der Waals surface area (Å²) >= 11 is 3.28. The van der Waals surface area contributed by atoms with Crippen molar-refractivity contribution in [1.82, 2.24) is 4.98 Å². The van der Waals surface area contributed by atoms with Crippen LogP contribution in [0.15, 0.2) is 41.1 Å². The van der Waals surface area contributed by atoms with Gasteiger partial charge in [-0.2, -0.15) is 5.26 Å². The van der Waals surface area contributed by atoms with Crippen molar-refractivity contribution < 1.29 is 8.78 Å². The van der Waals surface area contributed by atoms with E-state index in [1.54, 1.807) is 18.5 Å². The van der Waals surface area contributed by atoms with Gasteiger partial charge >= 0.3 is 0 Å². The van der Waals surface area contributed by atoms with Crippen LogP contribution in [0, 0.1) is 23.0 Å². The first-order valence-corrected chi connectivity index (χ1v) is 6.33. The fourth-order valence-corrected chi connectivity index (χ4v) is 2.22. The van der Waals surface area contributed by atoms with E-state index in [1.807, 2.05) is 6.07 Å². The molecule has 1 unspecified atom stereocenters. The largest absolute Gasteiger partial charge is 0.263 e. The number of rotatable bonds is 3. The summed E-state index contributed by atoms with van der Waals surface area (Å²) < 4.78 is 27.6. The van der Waals surface area contributed by atoms with Gasteiger partial charge in [0.25, 0.3) is 0 Å². The summed E-state index contributed by atoms with van der Waals surface area (Å²) in [4.78, 5) is 3.98. The molecule has 1 aromatic carbocycles. The zero-order valence-corrected chi connectivity index (χ0v) is 11.4. The van der Waals surface area contributed by atoms with Crippen LogP contribution in [0.25, 0.3) is 0 Å². The third kappa shape index (κ3) is 3.36. The van der Waals surface area contributed by atoms with Crippen molar-refractivity contribution in [2.45, 2.75) is 12.3 Å². The normalized spacial score (nSPS) is 11.9. The lowest BCUT2D eigenvalue weighted by molar-refractivity contribution is 0.577. The van der Waals surface area contributed by atoms with E-state index in [1.165, 1.54) is 0 Å². The van der Waals surface area contributed by atoms with Crippen molar-refractivity contribution >= 4 is 15.9 Å². The van der Waals surface area contributed by atoms with E-state index < -0.39 is 17.6 Å². The van der Waals surface area contributed by atoms with Crippen LogP contribution in [-0.4, -0.2) is 4.98 Å². The Balaban J connectivity index is 2.31. The van der Waals surface area contributed by atoms with Gasteiger partial charge < -0.3 is 0 Å². The molecule has 0 aliphatic rings. The van der Waals surface area contributed by atoms with E-state index in [-0.39, 0.29) is 12.0 Å². The number of nitrogens with zero attached hydrogens (tertiary/aromatic N) is 2. The minimum atomic E-state index is -0.744. The van der Waals surface area contributed by atoms with Gasteiger partial charge in [-0.15, -0.1) is 0 Å². The van der Waals surface area contributed by atoms with Crippen LogP contribution in [0.2, 0.25) is 0 Å². The Morgan fingerprint density at radius 1 is 1.26 bits per heavy atom. The summed E-state index contributed by atoms with van der Waals surface area (Å²) in [7, 11) is 0. The molecule has 0 aliphatic carbocycles. The maximum absolute atomic E-state index is 13.6. The van der Waals surface area contributed by atoms with Gasteiger partial charge in [-0.25, -0.2) is 8.78 Å². The average Bonchev–Trinajstić information content (AvgIpc) is 2.39. The molecule has 2 aromatic rings. The van der Waals surface area contributed by atoms with Crippen LogP contribution in [0.4, 0.5) is 8.78 Å². The lowest BCUT2D eigenvalue weighted by atomic mass is 9.93. The molecule has 0 aliphatic heterocycles. The third-order valence-electron chi connectivity index (χ3n) is 2.69. The van der Waals surface area contributed by atoms with E-state index in [0.29, 0.717) is 0 Å². The summed E-state index contributed by atoms with van der Waals surface area (Å²) in [6.45, 7) is 0. The number of aromatic nitrogens is 1. The van der Waals surface area contributed by atoms with Crippen LogP contribution in [0.5, 0.6) is 0 Å². The lowest BCUT2D eigenvalue weighted by Gasteiger charge is -2.10. The first-order valence-electron chi connectivity index (χ1n) is 5.54. The highest BCUT2D eigenvalue weighted by molar-refractivity contribution is 9.10. The van der Waals surface area contributed by atoms with Gasteiger partial charge in [0.1, 0.15) is 11.6 Å². The molecule has 2 rings (SSSR count). The third-order valence-corrected chi connectivity index (χ3v) is 3.12. The molecule has 19 heavy (non-hydrogen) atoms. The number of nitriles is 1. The standard InChI is InChI=1S/C14H9BrF2N2/c15-11-4-9(7-19-8-11)3-10(6-18)13-5-12(16)1-2-14(13)17/h1-2,4-5,7-8,10H,3H2. The lowest BCUT2D eigenvalue weighted by Crippen LogP contribution is -2.04. The minimum Gasteiger partial charge on any atom is -0.263 e. The molecule has 1 aromatic heterocycles. The highest BCUT2D eigenvalue weighted by atomic mass is 79.9. The zero-order valence-electron chi connectivity index (χ0n) is 9.78. The molecule has 0 bridgehead atoms. The molecule has 0 fully saturated rings. The second-order valence-corrected chi connectivity index (χ2v) is 4.98. The zero-order chi connectivity index (χ0) is 13.8. The Labute approximate surface area is 117 Å². The Hall–Kier alpha value is -1.80. The number of hydrogen-bond donors (Lipinski definition) is 0. The monoisotopic (exact) mass is 322 g/mol. The topological polar surface area (TPSA) is 36.7 Å². The summed E-state index contributed by atoms with van der Waals surface area (Å²) in [5.41, 5.74) is 0.854.